The Balaban J connectivity index is 0.000000446. The number of phenolic OH excluding ortho intramolecular Hbond substituents is 1. The molecule has 4 heteroatoms. The van der Waals surface area contributed by atoms with E-state index >= 15 is 0 Å². The van der Waals surface area contributed by atoms with Crippen molar-refractivity contribution in [2.75, 3.05) is 13.2 Å². The van der Waals surface area contributed by atoms with Gasteiger partial charge in [-0.05, 0) is 49.1 Å². The first kappa shape index (κ1) is 15.0. The Morgan fingerprint density at radius 2 is 1.82 bits per heavy atom. The van der Waals surface area contributed by atoms with E-state index in [9.17, 15) is 5.11 Å². The first-order valence-corrected chi connectivity index (χ1v) is 8.21. The molecule has 2 aliphatic carbocycles. The highest BCUT2D eigenvalue weighted by atomic mass is 16.6. The Hall–Kier alpha value is -1.89. The minimum absolute atomic E-state index is 0.264. The molecule has 0 radical (unpaired) electrons. The smallest absolute Gasteiger partial charge is 0.203 e. The summed E-state index contributed by atoms with van der Waals surface area (Å²) in [6.45, 7) is 2.56. The number of ether oxygens (including phenoxy) is 2. The molecule has 0 saturated heterocycles. The summed E-state index contributed by atoms with van der Waals surface area (Å²) < 4.78 is 11.4. The molecule has 0 aromatic heterocycles. The Morgan fingerprint density at radius 3 is 2.59 bits per heavy atom. The van der Waals surface area contributed by atoms with Crippen LogP contribution in [0.3, 0.4) is 0 Å². The number of nitrogens with zero attached hydrogens (tertiary/aromatic N) is 1. The number of rotatable bonds is 0. The van der Waals surface area contributed by atoms with Gasteiger partial charge in [0.2, 0.25) is 5.75 Å². The van der Waals surface area contributed by atoms with Crippen LogP contribution in [0, 0.1) is 17.2 Å². The SMILES string of the molecule is CC#N.Oc1cc2c(c3c1OCCO3)CCC1CCCCC21. The molecule has 118 valence electrons. The van der Waals surface area contributed by atoms with Crippen LogP contribution in [0.4, 0.5) is 0 Å². The van der Waals surface area contributed by atoms with Gasteiger partial charge in [0, 0.05) is 12.5 Å². The zero-order valence-corrected chi connectivity index (χ0v) is 13.1. The maximum Gasteiger partial charge on any atom is 0.203 e. The van der Waals surface area contributed by atoms with Crippen molar-refractivity contribution in [3.63, 3.8) is 0 Å². The summed E-state index contributed by atoms with van der Waals surface area (Å²) in [6.07, 6.45) is 7.62. The molecular weight excluding hydrogens is 278 g/mol. The zero-order chi connectivity index (χ0) is 15.5. The fraction of sp³-hybridized carbons (Fsp3) is 0.611. The van der Waals surface area contributed by atoms with E-state index in [4.69, 9.17) is 14.7 Å². The first-order valence-electron chi connectivity index (χ1n) is 8.21. The van der Waals surface area contributed by atoms with Gasteiger partial charge in [-0.2, -0.15) is 5.26 Å². The van der Waals surface area contributed by atoms with Gasteiger partial charge in [-0.25, -0.2) is 0 Å². The van der Waals surface area contributed by atoms with Crippen molar-refractivity contribution < 1.29 is 14.6 Å². The lowest BCUT2D eigenvalue weighted by Gasteiger charge is -2.38. The molecule has 3 aliphatic rings. The zero-order valence-electron chi connectivity index (χ0n) is 13.1. The maximum atomic E-state index is 10.2. The molecule has 2 unspecified atom stereocenters. The van der Waals surface area contributed by atoms with Crippen LogP contribution in [-0.2, 0) is 6.42 Å². The molecule has 1 heterocycles. The van der Waals surface area contributed by atoms with Crippen LogP contribution in [0.5, 0.6) is 17.2 Å². The number of hydrogen-bond acceptors (Lipinski definition) is 4. The highest BCUT2D eigenvalue weighted by molar-refractivity contribution is 5.60. The third-order valence-electron chi connectivity index (χ3n) is 5.00. The summed E-state index contributed by atoms with van der Waals surface area (Å²) in [6, 6.07) is 3.70. The van der Waals surface area contributed by atoms with Crippen LogP contribution in [0.1, 0.15) is 56.1 Å². The van der Waals surface area contributed by atoms with Crippen LogP contribution in [0.25, 0.3) is 0 Å². The van der Waals surface area contributed by atoms with Crippen LogP contribution in [0.2, 0.25) is 0 Å². The Morgan fingerprint density at radius 1 is 1.14 bits per heavy atom. The van der Waals surface area contributed by atoms with E-state index < -0.39 is 0 Å². The molecule has 1 N–H and O–H groups in total. The molecule has 1 saturated carbocycles. The number of phenols is 1. The Labute approximate surface area is 131 Å². The summed E-state index contributed by atoms with van der Waals surface area (Å²) in [4.78, 5) is 0. The fourth-order valence-electron chi connectivity index (χ4n) is 4.15. The topological polar surface area (TPSA) is 62.5 Å². The molecule has 4 nitrogen and oxygen atoms in total. The average molecular weight is 301 g/mol. The summed E-state index contributed by atoms with van der Waals surface area (Å²) in [5, 5.41) is 17.5. The van der Waals surface area contributed by atoms with E-state index in [-0.39, 0.29) is 5.75 Å². The molecule has 4 rings (SSSR count). The van der Waals surface area contributed by atoms with Gasteiger partial charge in [-0.1, -0.05) is 12.8 Å². The van der Waals surface area contributed by atoms with E-state index in [1.54, 1.807) is 6.07 Å². The van der Waals surface area contributed by atoms with E-state index in [1.165, 1.54) is 50.2 Å². The number of aromatic hydroxyl groups is 1. The van der Waals surface area contributed by atoms with Gasteiger partial charge in [0.15, 0.2) is 11.5 Å². The summed E-state index contributed by atoms with van der Waals surface area (Å²) in [5.41, 5.74) is 2.63. The predicted octanol–water partition coefficient (Wildman–Crippen LogP) is 3.91. The highest BCUT2D eigenvalue weighted by Crippen LogP contribution is 2.52. The second-order valence-corrected chi connectivity index (χ2v) is 6.23. The van der Waals surface area contributed by atoms with Crippen molar-refractivity contribution in [1.82, 2.24) is 0 Å². The third-order valence-corrected chi connectivity index (χ3v) is 5.00. The quantitative estimate of drug-likeness (QED) is 0.789. The van der Waals surface area contributed by atoms with Gasteiger partial charge in [0.1, 0.15) is 13.2 Å². The largest absolute Gasteiger partial charge is 0.504 e. The number of hydrogen-bond donors (Lipinski definition) is 1. The molecule has 2 atom stereocenters. The van der Waals surface area contributed by atoms with Crippen LogP contribution >= 0.6 is 0 Å². The predicted molar refractivity (Wildman–Crippen MR) is 83.4 cm³/mol. The lowest BCUT2D eigenvalue weighted by molar-refractivity contribution is 0.161. The van der Waals surface area contributed by atoms with E-state index in [1.807, 2.05) is 6.07 Å². The van der Waals surface area contributed by atoms with Crippen molar-refractivity contribution in [1.29, 1.82) is 5.26 Å². The Bertz CT molecular complexity index is 591. The standard InChI is InChI=1S/C16H20O3.C2H3N/c17-14-9-13-11-4-2-1-3-10(11)5-6-12(13)15-16(14)19-8-7-18-15;1-2-3/h9-11,17H,1-8H2;1H3. The molecule has 1 aromatic rings. The monoisotopic (exact) mass is 301 g/mol. The van der Waals surface area contributed by atoms with Crippen molar-refractivity contribution in [2.24, 2.45) is 5.92 Å². The number of fused-ring (bicyclic) bond motifs is 5. The van der Waals surface area contributed by atoms with E-state index in [2.05, 4.69) is 0 Å². The van der Waals surface area contributed by atoms with Crippen LogP contribution in [0.15, 0.2) is 6.07 Å². The number of nitriles is 1. The molecule has 22 heavy (non-hydrogen) atoms. The molecule has 1 aromatic carbocycles. The van der Waals surface area contributed by atoms with Gasteiger partial charge in [0.25, 0.3) is 0 Å². The Kier molecular flexibility index (Phi) is 4.42. The van der Waals surface area contributed by atoms with Crippen molar-refractivity contribution in [3.05, 3.63) is 17.2 Å². The maximum absolute atomic E-state index is 10.2. The molecule has 0 bridgehead atoms. The van der Waals surface area contributed by atoms with Crippen LogP contribution < -0.4 is 9.47 Å². The van der Waals surface area contributed by atoms with E-state index in [0.717, 1.165) is 18.1 Å². The first-order chi connectivity index (χ1) is 10.8. The van der Waals surface area contributed by atoms with E-state index in [0.29, 0.717) is 24.9 Å². The number of benzene rings is 1. The summed E-state index contributed by atoms with van der Waals surface area (Å²) >= 11 is 0. The summed E-state index contributed by atoms with van der Waals surface area (Å²) in [7, 11) is 0. The lowest BCUT2D eigenvalue weighted by Crippen LogP contribution is -2.26. The van der Waals surface area contributed by atoms with Gasteiger partial charge < -0.3 is 14.6 Å². The second kappa shape index (κ2) is 6.48. The van der Waals surface area contributed by atoms with Gasteiger partial charge in [-0.15, -0.1) is 0 Å². The minimum atomic E-state index is 0.264. The van der Waals surface area contributed by atoms with Crippen molar-refractivity contribution >= 4 is 0 Å². The van der Waals surface area contributed by atoms with Crippen molar-refractivity contribution in [2.45, 2.75) is 51.4 Å². The minimum Gasteiger partial charge on any atom is -0.504 e. The third kappa shape index (κ3) is 2.61. The van der Waals surface area contributed by atoms with Gasteiger partial charge in [0.05, 0.1) is 6.07 Å². The van der Waals surface area contributed by atoms with Crippen molar-refractivity contribution in [3.8, 4) is 23.3 Å². The van der Waals surface area contributed by atoms with Crippen LogP contribution in [-0.4, -0.2) is 18.3 Å². The fourth-order valence-corrected chi connectivity index (χ4v) is 4.15. The molecule has 1 aliphatic heterocycles. The summed E-state index contributed by atoms with van der Waals surface area (Å²) in [5.74, 6) is 3.09. The second-order valence-electron chi connectivity index (χ2n) is 6.23. The molecule has 0 amide bonds. The molecule has 1 fully saturated rings. The normalized spacial score (nSPS) is 24.9. The average Bonchev–Trinajstić information content (AvgIpc) is 2.56. The lowest BCUT2D eigenvalue weighted by atomic mass is 9.68. The highest BCUT2D eigenvalue weighted by Gasteiger charge is 2.35. The molecular formula is C18H23NO3. The van der Waals surface area contributed by atoms with Gasteiger partial charge in [-0.3, -0.25) is 0 Å². The molecule has 0 spiro atoms. The van der Waals surface area contributed by atoms with Gasteiger partial charge >= 0.3 is 0 Å².